The van der Waals surface area contributed by atoms with Crippen LogP contribution in [0.2, 0.25) is 0 Å². The Bertz CT molecular complexity index is 316. The molecule has 2 N–H and O–H groups in total. The molecule has 0 aliphatic carbocycles. The van der Waals surface area contributed by atoms with E-state index in [0.29, 0.717) is 18.4 Å². The zero-order valence-electron chi connectivity index (χ0n) is 7.19. The lowest BCUT2D eigenvalue weighted by Gasteiger charge is -1.98. The number of hydrogen-bond acceptors (Lipinski definition) is 4. The normalized spacial score (nSPS) is 10.3. The van der Waals surface area contributed by atoms with E-state index in [-0.39, 0.29) is 24.4 Å². The van der Waals surface area contributed by atoms with Gasteiger partial charge in [0.15, 0.2) is 5.43 Å². The van der Waals surface area contributed by atoms with Crippen molar-refractivity contribution in [1.29, 1.82) is 0 Å². The Morgan fingerprint density at radius 2 is 2.15 bits per heavy atom. The maximum Gasteiger partial charge on any atom is 0.188 e. The Kier molecular flexibility index (Phi) is 3.67. The highest BCUT2D eigenvalue weighted by molar-refractivity contribution is 5.11. The van der Waals surface area contributed by atoms with E-state index in [4.69, 9.17) is 14.6 Å². The third-order valence-electron chi connectivity index (χ3n) is 1.72. The summed E-state index contributed by atoms with van der Waals surface area (Å²) in [7, 11) is 0. The molecule has 0 saturated heterocycles. The Morgan fingerprint density at radius 3 is 2.69 bits per heavy atom. The van der Waals surface area contributed by atoms with Crippen LogP contribution in [0.3, 0.4) is 0 Å². The lowest BCUT2D eigenvalue weighted by Crippen LogP contribution is -2.09. The monoisotopic (exact) mass is 184 g/mol. The molecule has 0 aliphatic heterocycles. The van der Waals surface area contributed by atoms with Crippen LogP contribution in [0.4, 0.5) is 0 Å². The standard InChI is InChI=1S/C9H12O4/c10-3-1-2-7-6-13-8(5-11)4-9(7)12/h4,6,10-11H,1-3,5H2. The first kappa shape index (κ1) is 9.95. The van der Waals surface area contributed by atoms with Crippen LogP contribution < -0.4 is 5.43 Å². The van der Waals surface area contributed by atoms with Crippen LogP contribution in [0.15, 0.2) is 21.5 Å². The molecule has 0 bridgehead atoms. The van der Waals surface area contributed by atoms with Gasteiger partial charge < -0.3 is 14.6 Å². The Balaban J connectivity index is 2.80. The Morgan fingerprint density at radius 1 is 1.38 bits per heavy atom. The summed E-state index contributed by atoms with van der Waals surface area (Å²) >= 11 is 0. The quantitative estimate of drug-likeness (QED) is 0.694. The molecule has 0 aromatic carbocycles. The van der Waals surface area contributed by atoms with Gasteiger partial charge in [0.05, 0.1) is 6.26 Å². The van der Waals surface area contributed by atoms with E-state index in [0.717, 1.165) is 0 Å². The summed E-state index contributed by atoms with van der Waals surface area (Å²) in [5.41, 5.74) is 0.384. The van der Waals surface area contributed by atoms with E-state index < -0.39 is 0 Å². The zero-order chi connectivity index (χ0) is 9.68. The summed E-state index contributed by atoms with van der Waals surface area (Å²) in [5, 5.41) is 17.2. The first-order valence-corrected chi connectivity index (χ1v) is 4.10. The molecule has 0 spiro atoms. The van der Waals surface area contributed by atoms with Gasteiger partial charge in [-0.25, -0.2) is 0 Å². The van der Waals surface area contributed by atoms with Crippen molar-refractivity contribution in [3.63, 3.8) is 0 Å². The highest BCUT2D eigenvalue weighted by Gasteiger charge is 2.01. The third kappa shape index (κ3) is 2.68. The van der Waals surface area contributed by atoms with Gasteiger partial charge in [-0.15, -0.1) is 0 Å². The van der Waals surface area contributed by atoms with E-state index in [9.17, 15) is 4.79 Å². The summed E-state index contributed by atoms with van der Waals surface area (Å²) in [4.78, 5) is 11.3. The minimum atomic E-state index is -0.268. The van der Waals surface area contributed by atoms with E-state index in [1.54, 1.807) is 0 Å². The third-order valence-corrected chi connectivity index (χ3v) is 1.72. The van der Waals surface area contributed by atoms with Crippen molar-refractivity contribution >= 4 is 0 Å². The molecule has 1 aromatic heterocycles. The minimum Gasteiger partial charge on any atom is -0.466 e. The van der Waals surface area contributed by atoms with Gasteiger partial charge in [-0.1, -0.05) is 0 Å². The second-order valence-electron chi connectivity index (χ2n) is 2.72. The van der Waals surface area contributed by atoms with Crippen molar-refractivity contribution in [2.75, 3.05) is 6.61 Å². The lowest BCUT2D eigenvalue weighted by molar-refractivity contribution is 0.242. The number of aliphatic hydroxyl groups is 2. The van der Waals surface area contributed by atoms with E-state index >= 15 is 0 Å². The maximum atomic E-state index is 11.3. The van der Waals surface area contributed by atoms with Crippen molar-refractivity contribution < 1.29 is 14.6 Å². The molecule has 0 aliphatic rings. The van der Waals surface area contributed by atoms with Crippen molar-refractivity contribution in [2.24, 2.45) is 0 Å². The van der Waals surface area contributed by atoms with Crippen LogP contribution in [0, 0.1) is 0 Å². The molecule has 0 atom stereocenters. The number of rotatable bonds is 4. The van der Waals surface area contributed by atoms with Crippen LogP contribution >= 0.6 is 0 Å². The van der Waals surface area contributed by atoms with Gasteiger partial charge in [-0.05, 0) is 12.8 Å². The minimum absolute atomic E-state index is 0.0567. The molecule has 1 rings (SSSR count). The van der Waals surface area contributed by atoms with Crippen molar-refractivity contribution in [3.05, 3.63) is 33.9 Å². The smallest absolute Gasteiger partial charge is 0.188 e. The van der Waals surface area contributed by atoms with Gasteiger partial charge in [-0.3, -0.25) is 4.79 Å². The fraction of sp³-hybridized carbons (Fsp3) is 0.444. The molecule has 0 unspecified atom stereocenters. The summed E-state index contributed by atoms with van der Waals surface area (Å²) < 4.78 is 4.95. The molecule has 13 heavy (non-hydrogen) atoms. The van der Waals surface area contributed by atoms with Crippen LogP contribution in [0.1, 0.15) is 17.7 Å². The van der Waals surface area contributed by atoms with Gasteiger partial charge >= 0.3 is 0 Å². The second-order valence-corrected chi connectivity index (χ2v) is 2.72. The molecule has 1 heterocycles. The van der Waals surface area contributed by atoms with Crippen LogP contribution in [-0.4, -0.2) is 16.8 Å². The molecule has 0 fully saturated rings. The molecule has 1 aromatic rings. The number of hydrogen-bond donors (Lipinski definition) is 2. The van der Waals surface area contributed by atoms with Gasteiger partial charge in [0.1, 0.15) is 12.4 Å². The topological polar surface area (TPSA) is 70.7 Å². The highest BCUT2D eigenvalue weighted by atomic mass is 16.4. The average molecular weight is 184 g/mol. The molecular weight excluding hydrogens is 172 g/mol. The molecule has 4 heteroatoms. The first-order valence-electron chi connectivity index (χ1n) is 4.10. The largest absolute Gasteiger partial charge is 0.466 e. The predicted molar refractivity (Wildman–Crippen MR) is 46.3 cm³/mol. The van der Waals surface area contributed by atoms with E-state index in [2.05, 4.69) is 0 Å². The number of aliphatic hydroxyl groups excluding tert-OH is 2. The van der Waals surface area contributed by atoms with Crippen LogP contribution in [-0.2, 0) is 13.0 Å². The van der Waals surface area contributed by atoms with Crippen molar-refractivity contribution in [2.45, 2.75) is 19.4 Å². The molecule has 0 saturated carbocycles. The maximum absolute atomic E-state index is 11.3. The first-order chi connectivity index (χ1) is 6.27. The molecular formula is C9H12O4. The molecule has 0 amide bonds. The van der Waals surface area contributed by atoms with Crippen LogP contribution in [0.25, 0.3) is 0 Å². The predicted octanol–water partition coefficient (Wildman–Crippen LogP) is 0.0570. The summed E-state index contributed by atoms with van der Waals surface area (Å²) in [6.45, 7) is -0.212. The second kappa shape index (κ2) is 4.79. The Hall–Kier alpha value is -1.13. The average Bonchev–Trinajstić information content (AvgIpc) is 2.16. The van der Waals surface area contributed by atoms with Crippen molar-refractivity contribution in [3.8, 4) is 0 Å². The van der Waals surface area contributed by atoms with E-state index in [1.807, 2.05) is 0 Å². The van der Waals surface area contributed by atoms with Crippen LogP contribution in [0.5, 0.6) is 0 Å². The van der Waals surface area contributed by atoms with Gasteiger partial charge in [0, 0.05) is 18.2 Å². The number of aryl methyl sites for hydroxylation is 1. The highest BCUT2D eigenvalue weighted by Crippen LogP contribution is 2.00. The fourth-order valence-electron chi connectivity index (χ4n) is 1.01. The zero-order valence-corrected chi connectivity index (χ0v) is 7.19. The lowest BCUT2D eigenvalue weighted by atomic mass is 10.1. The summed E-state index contributed by atoms with van der Waals surface area (Å²) in [6, 6.07) is 1.27. The van der Waals surface area contributed by atoms with Gasteiger partial charge in [-0.2, -0.15) is 0 Å². The summed E-state index contributed by atoms with van der Waals surface area (Å²) in [5.74, 6) is 0.262. The SMILES string of the molecule is O=c1cc(CO)occ1CCCO. The Labute approximate surface area is 75.4 Å². The molecule has 72 valence electrons. The molecule has 4 nitrogen and oxygen atoms in total. The van der Waals surface area contributed by atoms with Crippen molar-refractivity contribution in [1.82, 2.24) is 0 Å². The van der Waals surface area contributed by atoms with E-state index in [1.165, 1.54) is 12.3 Å². The summed E-state index contributed by atoms with van der Waals surface area (Å²) in [6.07, 6.45) is 2.39. The van der Waals surface area contributed by atoms with Gasteiger partial charge in [0.2, 0.25) is 0 Å². The van der Waals surface area contributed by atoms with Gasteiger partial charge in [0.25, 0.3) is 0 Å². The molecule has 0 radical (unpaired) electrons. The fourth-order valence-corrected chi connectivity index (χ4v) is 1.01.